The van der Waals surface area contributed by atoms with E-state index in [0.29, 0.717) is 15.7 Å². The lowest BCUT2D eigenvalue weighted by atomic mass is 10.2. The van der Waals surface area contributed by atoms with Crippen LogP contribution in [0, 0.1) is 0 Å². The zero-order chi connectivity index (χ0) is 13.9. The van der Waals surface area contributed by atoms with Crippen molar-refractivity contribution in [3.05, 3.63) is 24.3 Å². The molecule has 6 nitrogen and oxygen atoms in total. The average Bonchev–Trinajstić information content (AvgIpc) is 2.88. The van der Waals surface area contributed by atoms with Gasteiger partial charge in [0.15, 0.2) is 5.01 Å². The second kappa shape index (κ2) is 5.64. The molecule has 2 aromatic rings. The molecule has 0 saturated carbocycles. The minimum absolute atomic E-state index is 0.205. The third-order valence-electron chi connectivity index (χ3n) is 2.43. The van der Waals surface area contributed by atoms with Crippen LogP contribution in [0.1, 0.15) is 6.92 Å². The highest BCUT2D eigenvalue weighted by Gasteiger charge is 2.19. The topological polar surface area (TPSA) is 84.0 Å². The molecule has 0 radical (unpaired) electrons. The Morgan fingerprint density at radius 1 is 1.26 bits per heavy atom. The van der Waals surface area contributed by atoms with Gasteiger partial charge in [0.2, 0.25) is 15.2 Å². The predicted molar refractivity (Wildman–Crippen MR) is 75.8 cm³/mol. The van der Waals surface area contributed by atoms with Crippen molar-refractivity contribution < 1.29 is 8.42 Å². The van der Waals surface area contributed by atoms with Gasteiger partial charge in [0, 0.05) is 12.1 Å². The molecule has 0 bridgehead atoms. The van der Waals surface area contributed by atoms with Crippen LogP contribution in [0.15, 0.2) is 29.2 Å². The minimum atomic E-state index is -3.51. The molecule has 2 N–H and O–H groups in total. The van der Waals surface area contributed by atoms with Crippen LogP contribution in [0.5, 0.6) is 0 Å². The number of hydrogen-bond donors (Lipinski definition) is 2. The van der Waals surface area contributed by atoms with E-state index in [1.807, 2.05) is 6.92 Å². The highest BCUT2D eigenvalue weighted by atomic mass is 32.2. The van der Waals surface area contributed by atoms with Gasteiger partial charge in [-0.2, -0.15) is 0 Å². The summed E-state index contributed by atoms with van der Waals surface area (Å²) >= 11 is 1.33. The quantitative estimate of drug-likeness (QED) is 0.875. The second-order valence-electron chi connectivity index (χ2n) is 3.65. The molecule has 1 aromatic heterocycles. The van der Waals surface area contributed by atoms with E-state index in [0.717, 1.165) is 6.54 Å². The van der Waals surface area contributed by atoms with Crippen molar-refractivity contribution in [2.45, 2.75) is 11.8 Å². The number of nitrogens with zero attached hydrogens (tertiary/aromatic N) is 2. The van der Waals surface area contributed by atoms with Gasteiger partial charge < -0.3 is 5.32 Å². The molecule has 0 spiro atoms. The van der Waals surface area contributed by atoms with Crippen molar-refractivity contribution in [1.82, 2.24) is 14.9 Å². The van der Waals surface area contributed by atoms with Crippen LogP contribution in [0.3, 0.4) is 0 Å². The second-order valence-corrected chi connectivity index (χ2v) is 6.48. The van der Waals surface area contributed by atoms with E-state index < -0.39 is 10.0 Å². The van der Waals surface area contributed by atoms with Crippen molar-refractivity contribution in [3.63, 3.8) is 0 Å². The van der Waals surface area contributed by atoms with Gasteiger partial charge in [-0.05, 0) is 20.0 Å². The molecular formula is C11H14N4O2S2. The highest BCUT2D eigenvalue weighted by molar-refractivity contribution is 7.89. The zero-order valence-electron chi connectivity index (χ0n) is 10.5. The molecule has 1 heterocycles. The molecule has 19 heavy (non-hydrogen) atoms. The Balaban J connectivity index is 2.50. The van der Waals surface area contributed by atoms with E-state index in [2.05, 4.69) is 20.2 Å². The zero-order valence-corrected chi connectivity index (χ0v) is 12.2. The molecular weight excluding hydrogens is 284 g/mol. The van der Waals surface area contributed by atoms with E-state index in [1.54, 1.807) is 24.3 Å². The molecule has 0 atom stereocenters. The summed E-state index contributed by atoms with van der Waals surface area (Å²) in [7, 11) is -2.13. The van der Waals surface area contributed by atoms with Gasteiger partial charge in [0.25, 0.3) is 0 Å². The summed E-state index contributed by atoms with van der Waals surface area (Å²) in [6, 6.07) is 6.73. The molecule has 0 aliphatic heterocycles. The monoisotopic (exact) mass is 298 g/mol. The van der Waals surface area contributed by atoms with Crippen LogP contribution >= 0.6 is 11.3 Å². The van der Waals surface area contributed by atoms with Crippen molar-refractivity contribution in [2.24, 2.45) is 0 Å². The average molecular weight is 298 g/mol. The molecule has 8 heteroatoms. The lowest BCUT2D eigenvalue weighted by molar-refractivity contribution is 0.588. The largest absolute Gasteiger partial charge is 0.360 e. The van der Waals surface area contributed by atoms with Gasteiger partial charge in [0.05, 0.1) is 4.90 Å². The van der Waals surface area contributed by atoms with Gasteiger partial charge >= 0.3 is 0 Å². The number of hydrogen-bond acceptors (Lipinski definition) is 6. The van der Waals surface area contributed by atoms with E-state index in [9.17, 15) is 8.42 Å². The van der Waals surface area contributed by atoms with Crippen molar-refractivity contribution in [2.75, 3.05) is 18.9 Å². The van der Waals surface area contributed by atoms with Gasteiger partial charge in [-0.3, -0.25) is 0 Å². The summed E-state index contributed by atoms with van der Waals surface area (Å²) in [6.45, 7) is 2.70. The molecule has 102 valence electrons. The number of anilines is 1. The van der Waals surface area contributed by atoms with Gasteiger partial charge in [-0.15, -0.1) is 10.2 Å². The van der Waals surface area contributed by atoms with Crippen molar-refractivity contribution in [3.8, 4) is 10.6 Å². The smallest absolute Gasteiger partial charge is 0.241 e. The standard InChI is InChI=1S/C11H14N4O2S2/c1-3-13-11-15-14-10(18-11)8-6-4-5-7-9(8)19(16,17)12-2/h4-7,12H,3H2,1-2H3,(H,13,15). The first-order valence-electron chi connectivity index (χ1n) is 5.69. The number of rotatable bonds is 5. The summed E-state index contributed by atoms with van der Waals surface area (Å²) in [5.74, 6) is 0. The molecule has 0 aliphatic carbocycles. The third-order valence-corrected chi connectivity index (χ3v) is 4.82. The molecule has 0 aliphatic rings. The van der Waals surface area contributed by atoms with Crippen LogP contribution in [-0.2, 0) is 10.0 Å². The summed E-state index contributed by atoms with van der Waals surface area (Å²) in [5, 5.41) is 12.3. The first-order chi connectivity index (χ1) is 9.08. The Kier molecular flexibility index (Phi) is 4.13. The maximum Gasteiger partial charge on any atom is 0.241 e. The predicted octanol–water partition coefficient (Wildman–Crippen LogP) is 1.54. The molecule has 0 fully saturated rings. The maximum atomic E-state index is 12.0. The number of benzene rings is 1. The fourth-order valence-electron chi connectivity index (χ4n) is 1.54. The first kappa shape index (κ1) is 13.9. The van der Waals surface area contributed by atoms with Gasteiger partial charge in [-0.1, -0.05) is 29.5 Å². The van der Waals surface area contributed by atoms with Crippen LogP contribution in [0.2, 0.25) is 0 Å². The Labute approximate surface area is 115 Å². The first-order valence-corrected chi connectivity index (χ1v) is 7.98. The molecule has 0 amide bonds. The summed E-state index contributed by atoms with van der Waals surface area (Å²) < 4.78 is 26.2. The minimum Gasteiger partial charge on any atom is -0.360 e. The summed E-state index contributed by atoms with van der Waals surface area (Å²) in [5.41, 5.74) is 0.554. The normalized spacial score (nSPS) is 11.5. The van der Waals surface area contributed by atoms with Crippen molar-refractivity contribution in [1.29, 1.82) is 0 Å². The fourth-order valence-corrected chi connectivity index (χ4v) is 3.39. The Hall–Kier alpha value is -1.51. The summed E-state index contributed by atoms with van der Waals surface area (Å²) in [4.78, 5) is 0.205. The number of aromatic nitrogens is 2. The third kappa shape index (κ3) is 2.91. The van der Waals surface area contributed by atoms with Gasteiger partial charge in [-0.25, -0.2) is 13.1 Å². The van der Waals surface area contributed by atoms with Crippen LogP contribution < -0.4 is 10.0 Å². The van der Waals surface area contributed by atoms with E-state index >= 15 is 0 Å². The Bertz CT molecular complexity index is 667. The molecule has 0 saturated heterocycles. The molecule has 2 rings (SSSR count). The molecule has 1 aromatic carbocycles. The highest BCUT2D eigenvalue weighted by Crippen LogP contribution is 2.31. The number of nitrogens with one attached hydrogen (secondary N) is 2. The Morgan fingerprint density at radius 3 is 2.68 bits per heavy atom. The van der Waals surface area contributed by atoms with Crippen LogP contribution in [0.4, 0.5) is 5.13 Å². The van der Waals surface area contributed by atoms with E-state index in [4.69, 9.17) is 0 Å². The fraction of sp³-hybridized carbons (Fsp3) is 0.273. The van der Waals surface area contributed by atoms with Crippen molar-refractivity contribution >= 4 is 26.5 Å². The molecule has 0 unspecified atom stereocenters. The number of sulfonamides is 1. The maximum absolute atomic E-state index is 12.0. The lowest BCUT2D eigenvalue weighted by Crippen LogP contribution is -2.19. The van der Waals surface area contributed by atoms with Crippen LogP contribution in [0.25, 0.3) is 10.6 Å². The van der Waals surface area contributed by atoms with Crippen LogP contribution in [-0.4, -0.2) is 32.2 Å². The lowest BCUT2D eigenvalue weighted by Gasteiger charge is -2.06. The SMILES string of the molecule is CCNc1nnc(-c2ccccc2S(=O)(=O)NC)s1. The van der Waals surface area contributed by atoms with Gasteiger partial charge in [0.1, 0.15) is 0 Å². The van der Waals surface area contributed by atoms with E-state index in [-0.39, 0.29) is 4.90 Å². The van der Waals surface area contributed by atoms with E-state index in [1.165, 1.54) is 18.4 Å². The summed E-state index contributed by atoms with van der Waals surface area (Å²) in [6.07, 6.45) is 0. The Morgan fingerprint density at radius 2 is 2.00 bits per heavy atom.